The minimum absolute atomic E-state index is 0.140. The smallest absolute Gasteiger partial charge is 0.319 e. The Balaban J connectivity index is 1.68. The van der Waals surface area contributed by atoms with Gasteiger partial charge in [0.2, 0.25) is 0 Å². The van der Waals surface area contributed by atoms with Gasteiger partial charge in [0.05, 0.1) is 16.9 Å². The molecule has 1 fully saturated rings. The van der Waals surface area contributed by atoms with Crippen LogP contribution in [-0.2, 0) is 6.18 Å². The number of hydrogen-bond donors (Lipinski definition) is 2. The van der Waals surface area contributed by atoms with Crippen molar-refractivity contribution in [1.82, 2.24) is 10.2 Å². The van der Waals surface area contributed by atoms with E-state index < -0.39 is 23.5 Å². The third-order valence-electron chi connectivity index (χ3n) is 4.59. The second kappa shape index (κ2) is 6.78. The van der Waals surface area contributed by atoms with Gasteiger partial charge in [-0.2, -0.15) is 18.3 Å². The molecule has 8 heteroatoms. The van der Waals surface area contributed by atoms with Crippen LogP contribution < -0.4 is 5.32 Å². The van der Waals surface area contributed by atoms with Gasteiger partial charge >= 0.3 is 6.18 Å². The fraction of sp³-hybridized carbons (Fsp3) is 0.200. The third kappa shape index (κ3) is 3.62. The van der Waals surface area contributed by atoms with Crippen LogP contribution in [0, 0.1) is 5.82 Å². The van der Waals surface area contributed by atoms with Gasteiger partial charge in [-0.25, -0.2) is 4.39 Å². The summed E-state index contributed by atoms with van der Waals surface area (Å²) < 4.78 is 51.8. The molecule has 2 aromatic carbocycles. The molecule has 0 bridgehead atoms. The van der Waals surface area contributed by atoms with Crippen LogP contribution in [0.3, 0.4) is 0 Å². The van der Waals surface area contributed by atoms with Crippen LogP contribution in [0.2, 0.25) is 0 Å². The molecular weight excluding hydrogens is 374 g/mol. The molecule has 0 unspecified atom stereocenters. The fourth-order valence-corrected chi connectivity index (χ4v) is 2.99. The minimum Gasteiger partial charge on any atom is -0.319 e. The number of alkyl halides is 3. The summed E-state index contributed by atoms with van der Waals surface area (Å²) >= 11 is 0. The number of amides is 1. The van der Waals surface area contributed by atoms with Gasteiger partial charge in [-0.05, 0) is 43.2 Å². The van der Waals surface area contributed by atoms with Crippen molar-refractivity contribution < 1.29 is 22.4 Å². The molecule has 0 spiro atoms. The van der Waals surface area contributed by atoms with Crippen molar-refractivity contribution in [2.75, 3.05) is 5.32 Å². The van der Waals surface area contributed by atoms with E-state index >= 15 is 0 Å². The molecule has 0 aliphatic heterocycles. The van der Waals surface area contributed by atoms with Gasteiger partial charge < -0.3 is 5.32 Å². The molecule has 4 nitrogen and oxygen atoms in total. The molecule has 144 valence electrons. The molecular formula is C20H15F4N3O. The summed E-state index contributed by atoms with van der Waals surface area (Å²) in [7, 11) is 0. The number of aromatic nitrogens is 2. The lowest BCUT2D eigenvalue weighted by Gasteiger charge is -2.10. The van der Waals surface area contributed by atoms with Crippen molar-refractivity contribution in [3.8, 4) is 11.3 Å². The first-order chi connectivity index (χ1) is 13.3. The van der Waals surface area contributed by atoms with Gasteiger partial charge in [-0.1, -0.05) is 18.2 Å². The summed E-state index contributed by atoms with van der Waals surface area (Å²) in [5.41, 5.74) is 1.29. The SMILES string of the molecule is O=C(Nc1c(-c2ccc(C(F)(F)F)cc2)n[nH]c1C1CC1)c1cccc(F)c1. The van der Waals surface area contributed by atoms with Crippen molar-refractivity contribution in [2.24, 2.45) is 0 Å². The Hall–Kier alpha value is -3.16. The van der Waals surface area contributed by atoms with Crippen molar-refractivity contribution in [3.05, 3.63) is 71.2 Å². The number of H-pyrrole nitrogens is 1. The van der Waals surface area contributed by atoms with E-state index in [1.165, 1.54) is 30.3 Å². The zero-order valence-corrected chi connectivity index (χ0v) is 14.5. The van der Waals surface area contributed by atoms with E-state index in [1.54, 1.807) is 0 Å². The Kier molecular flexibility index (Phi) is 4.41. The summed E-state index contributed by atoms with van der Waals surface area (Å²) in [4.78, 5) is 12.6. The van der Waals surface area contributed by atoms with E-state index in [2.05, 4.69) is 15.5 Å². The lowest BCUT2D eigenvalue weighted by atomic mass is 10.1. The molecule has 28 heavy (non-hydrogen) atoms. The largest absolute Gasteiger partial charge is 0.416 e. The summed E-state index contributed by atoms with van der Waals surface area (Å²) in [5.74, 6) is -0.848. The van der Waals surface area contributed by atoms with E-state index in [0.717, 1.165) is 36.7 Å². The van der Waals surface area contributed by atoms with Crippen LogP contribution in [0.15, 0.2) is 48.5 Å². The topological polar surface area (TPSA) is 57.8 Å². The lowest BCUT2D eigenvalue weighted by Crippen LogP contribution is -2.13. The first kappa shape index (κ1) is 18.2. The highest BCUT2D eigenvalue weighted by molar-refractivity contribution is 6.06. The van der Waals surface area contributed by atoms with Gasteiger partial charge in [0.25, 0.3) is 5.91 Å². The van der Waals surface area contributed by atoms with Crippen molar-refractivity contribution in [1.29, 1.82) is 0 Å². The maximum atomic E-state index is 13.4. The van der Waals surface area contributed by atoms with E-state index in [4.69, 9.17) is 0 Å². The number of carbonyl (C=O) groups is 1. The molecule has 2 N–H and O–H groups in total. The predicted molar refractivity (Wildman–Crippen MR) is 95.4 cm³/mol. The normalized spacial score (nSPS) is 14.1. The van der Waals surface area contributed by atoms with Gasteiger partial charge in [-0.3, -0.25) is 9.89 Å². The van der Waals surface area contributed by atoms with E-state index in [-0.39, 0.29) is 11.5 Å². The molecule has 0 atom stereocenters. The summed E-state index contributed by atoms with van der Waals surface area (Å²) in [5, 5.41) is 9.84. The summed E-state index contributed by atoms with van der Waals surface area (Å²) in [6.45, 7) is 0. The number of benzene rings is 2. The van der Waals surface area contributed by atoms with Crippen LogP contribution in [-0.4, -0.2) is 16.1 Å². The van der Waals surface area contributed by atoms with Crippen LogP contribution in [0.4, 0.5) is 23.2 Å². The maximum absolute atomic E-state index is 13.4. The lowest BCUT2D eigenvalue weighted by molar-refractivity contribution is -0.137. The molecule has 1 aromatic heterocycles. The molecule has 1 aliphatic rings. The Labute approximate surface area is 157 Å². The maximum Gasteiger partial charge on any atom is 0.416 e. The second-order valence-electron chi connectivity index (χ2n) is 6.67. The van der Waals surface area contributed by atoms with Crippen LogP contribution in [0.5, 0.6) is 0 Å². The van der Waals surface area contributed by atoms with Gasteiger partial charge in [0.15, 0.2) is 0 Å². The van der Waals surface area contributed by atoms with Crippen molar-refractivity contribution >= 4 is 11.6 Å². The van der Waals surface area contributed by atoms with Crippen molar-refractivity contribution in [3.63, 3.8) is 0 Å². The number of nitrogens with zero attached hydrogens (tertiary/aromatic N) is 1. The summed E-state index contributed by atoms with van der Waals surface area (Å²) in [6, 6.07) is 9.83. The highest BCUT2D eigenvalue weighted by atomic mass is 19.4. The van der Waals surface area contributed by atoms with Crippen LogP contribution >= 0.6 is 0 Å². The number of hydrogen-bond acceptors (Lipinski definition) is 2. The number of rotatable bonds is 4. The number of anilines is 1. The molecule has 0 radical (unpaired) electrons. The first-order valence-electron chi connectivity index (χ1n) is 8.66. The van der Waals surface area contributed by atoms with E-state index in [0.29, 0.717) is 16.9 Å². The molecule has 0 saturated heterocycles. The summed E-state index contributed by atoms with van der Waals surface area (Å²) in [6.07, 6.45) is -2.58. The van der Waals surface area contributed by atoms with Gasteiger partial charge in [0, 0.05) is 17.0 Å². The fourth-order valence-electron chi connectivity index (χ4n) is 2.99. The minimum atomic E-state index is -4.43. The Morgan fingerprint density at radius 1 is 1.11 bits per heavy atom. The molecule has 1 amide bonds. The van der Waals surface area contributed by atoms with Crippen molar-refractivity contribution in [2.45, 2.75) is 24.9 Å². The number of halogens is 4. The third-order valence-corrected chi connectivity index (χ3v) is 4.59. The standard InChI is InChI=1S/C20H15F4N3O/c21-15-3-1-2-13(10-15)19(28)25-18-16(11-4-5-11)26-27-17(18)12-6-8-14(9-7-12)20(22,23)24/h1-3,6-11H,4-5H2,(H,25,28)(H,26,27). The van der Waals surface area contributed by atoms with E-state index in [1.807, 2.05) is 0 Å². The average molecular weight is 389 g/mol. The van der Waals surface area contributed by atoms with Gasteiger partial charge in [0.1, 0.15) is 11.5 Å². The quantitative estimate of drug-likeness (QED) is 0.590. The number of carbonyl (C=O) groups excluding carboxylic acids is 1. The Morgan fingerprint density at radius 2 is 1.82 bits per heavy atom. The van der Waals surface area contributed by atoms with Crippen LogP contribution in [0.1, 0.15) is 40.4 Å². The Bertz CT molecular complexity index is 1020. The second-order valence-corrected chi connectivity index (χ2v) is 6.67. The first-order valence-corrected chi connectivity index (χ1v) is 8.66. The Morgan fingerprint density at radius 3 is 2.43 bits per heavy atom. The average Bonchev–Trinajstić information content (AvgIpc) is 3.42. The molecule has 1 saturated carbocycles. The predicted octanol–water partition coefficient (Wildman–Crippen LogP) is 5.36. The highest BCUT2D eigenvalue weighted by Crippen LogP contribution is 2.45. The zero-order chi connectivity index (χ0) is 19.9. The van der Waals surface area contributed by atoms with Crippen LogP contribution in [0.25, 0.3) is 11.3 Å². The van der Waals surface area contributed by atoms with Gasteiger partial charge in [-0.15, -0.1) is 0 Å². The monoisotopic (exact) mass is 389 g/mol. The molecule has 4 rings (SSSR count). The molecule has 1 aliphatic carbocycles. The molecule has 3 aromatic rings. The zero-order valence-electron chi connectivity index (χ0n) is 14.5. The highest BCUT2D eigenvalue weighted by Gasteiger charge is 2.32. The number of nitrogens with one attached hydrogen (secondary N) is 2. The molecule has 1 heterocycles. The van der Waals surface area contributed by atoms with E-state index in [9.17, 15) is 22.4 Å². The number of aromatic amines is 1.